The quantitative estimate of drug-likeness (QED) is 0.655. The van der Waals surface area contributed by atoms with Gasteiger partial charge in [-0.15, -0.1) is 0 Å². The molecular formula is C18H13F3N2O3. The number of hydrogen-bond donors (Lipinski definition) is 0. The van der Waals surface area contributed by atoms with Crippen LogP contribution in [0.5, 0.6) is 0 Å². The summed E-state index contributed by atoms with van der Waals surface area (Å²) in [6, 6.07) is 10.0. The van der Waals surface area contributed by atoms with Crippen LogP contribution in [0.2, 0.25) is 0 Å². The molecule has 0 bridgehead atoms. The van der Waals surface area contributed by atoms with Crippen molar-refractivity contribution in [3.8, 4) is 5.69 Å². The molecule has 0 spiro atoms. The van der Waals surface area contributed by atoms with Crippen LogP contribution in [0.25, 0.3) is 16.7 Å². The van der Waals surface area contributed by atoms with Gasteiger partial charge in [0, 0.05) is 11.3 Å². The summed E-state index contributed by atoms with van der Waals surface area (Å²) >= 11 is 0. The van der Waals surface area contributed by atoms with E-state index in [1.54, 1.807) is 30.3 Å². The number of rotatable bonds is 2. The van der Waals surface area contributed by atoms with Crippen molar-refractivity contribution in [3.05, 3.63) is 69.6 Å². The predicted octanol–water partition coefficient (Wildman–Crippen LogP) is 3.50. The Kier molecular flexibility index (Phi) is 4.27. The summed E-state index contributed by atoms with van der Waals surface area (Å²) in [4.78, 5) is 28.5. The van der Waals surface area contributed by atoms with E-state index in [0.717, 1.165) is 19.2 Å². The summed E-state index contributed by atoms with van der Waals surface area (Å²) in [7, 11) is 1.13. The van der Waals surface area contributed by atoms with Crippen LogP contribution in [0, 0.1) is 6.92 Å². The Balaban J connectivity index is 2.54. The van der Waals surface area contributed by atoms with E-state index in [2.05, 4.69) is 4.98 Å². The van der Waals surface area contributed by atoms with E-state index >= 15 is 0 Å². The van der Waals surface area contributed by atoms with Gasteiger partial charge in [0.05, 0.1) is 12.5 Å². The van der Waals surface area contributed by atoms with Crippen molar-refractivity contribution in [1.82, 2.24) is 9.55 Å². The highest BCUT2D eigenvalue weighted by Crippen LogP contribution is 2.30. The smallest absolute Gasteiger partial charge is 0.433 e. The number of pyridine rings is 2. The maximum absolute atomic E-state index is 13.1. The Bertz CT molecular complexity index is 1060. The molecule has 0 N–H and O–H groups in total. The molecule has 0 fully saturated rings. The van der Waals surface area contributed by atoms with E-state index in [1.165, 1.54) is 11.5 Å². The topological polar surface area (TPSA) is 61.2 Å². The molecule has 3 rings (SSSR count). The fraction of sp³-hybridized carbons (Fsp3) is 0.167. The van der Waals surface area contributed by atoms with E-state index in [9.17, 15) is 22.8 Å². The minimum atomic E-state index is -4.69. The number of halogens is 3. The second-order valence-electron chi connectivity index (χ2n) is 5.53. The molecule has 1 aromatic carbocycles. The largest absolute Gasteiger partial charge is 0.464 e. The third-order valence-corrected chi connectivity index (χ3v) is 3.93. The molecular weight excluding hydrogens is 349 g/mol. The lowest BCUT2D eigenvalue weighted by molar-refractivity contribution is -0.141. The lowest BCUT2D eigenvalue weighted by Gasteiger charge is -2.18. The lowest BCUT2D eigenvalue weighted by Crippen LogP contribution is -2.23. The van der Waals surface area contributed by atoms with Crippen molar-refractivity contribution in [2.75, 3.05) is 7.11 Å². The van der Waals surface area contributed by atoms with Crippen molar-refractivity contribution in [2.24, 2.45) is 0 Å². The van der Waals surface area contributed by atoms with Gasteiger partial charge in [-0.1, -0.05) is 18.2 Å². The third kappa shape index (κ3) is 2.83. The number of nitrogens with zero attached hydrogens (tertiary/aromatic N) is 2. The number of benzene rings is 1. The monoisotopic (exact) mass is 362 g/mol. The first-order valence-corrected chi connectivity index (χ1v) is 7.53. The van der Waals surface area contributed by atoms with Crippen molar-refractivity contribution in [1.29, 1.82) is 0 Å². The zero-order valence-electron chi connectivity index (χ0n) is 13.8. The van der Waals surface area contributed by atoms with Gasteiger partial charge in [-0.2, -0.15) is 13.2 Å². The summed E-state index contributed by atoms with van der Waals surface area (Å²) < 4.78 is 45.3. The minimum Gasteiger partial charge on any atom is -0.464 e. The number of ether oxygens (including phenoxy) is 1. The van der Waals surface area contributed by atoms with Gasteiger partial charge in [0.2, 0.25) is 0 Å². The van der Waals surface area contributed by atoms with Crippen LogP contribution in [0.15, 0.2) is 47.3 Å². The number of carbonyl (C=O) groups is 1. The van der Waals surface area contributed by atoms with Gasteiger partial charge in [-0.3, -0.25) is 9.36 Å². The number of hydrogen-bond acceptors (Lipinski definition) is 4. The van der Waals surface area contributed by atoms with Crippen molar-refractivity contribution in [2.45, 2.75) is 13.1 Å². The Morgan fingerprint density at radius 3 is 2.35 bits per heavy atom. The first-order valence-electron chi connectivity index (χ1n) is 7.53. The highest BCUT2D eigenvalue weighted by Gasteiger charge is 2.33. The fourth-order valence-electron chi connectivity index (χ4n) is 2.71. The number of methoxy groups -OCH3 is 1. The molecule has 3 aromatic rings. The van der Waals surface area contributed by atoms with E-state index in [1.807, 2.05) is 0 Å². The summed E-state index contributed by atoms with van der Waals surface area (Å²) in [5.41, 5.74) is -1.71. The summed E-state index contributed by atoms with van der Waals surface area (Å²) in [6.07, 6.45) is -4.69. The molecule has 26 heavy (non-hydrogen) atoms. The molecule has 8 heteroatoms. The summed E-state index contributed by atoms with van der Waals surface area (Å²) in [6.45, 7) is 1.42. The van der Waals surface area contributed by atoms with Gasteiger partial charge in [-0.25, -0.2) is 9.78 Å². The van der Waals surface area contributed by atoms with E-state index in [-0.39, 0.29) is 22.3 Å². The van der Waals surface area contributed by atoms with Gasteiger partial charge in [0.1, 0.15) is 17.0 Å². The normalized spacial score (nSPS) is 11.6. The highest BCUT2D eigenvalue weighted by molar-refractivity contribution is 5.94. The van der Waals surface area contributed by atoms with Crippen LogP contribution in [0.1, 0.15) is 21.7 Å². The molecule has 0 saturated heterocycles. The molecule has 0 atom stereocenters. The predicted molar refractivity (Wildman–Crippen MR) is 88.4 cm³/mol. The van der Waals surface area contributed by atoms with E-state index in [0.29, 0.717) is 5.69 Å². The molecule has 2 aromatic heterocycles. The van der Waals surface area contributed by atoms with Crippen LogP contribution >= 0.6 is 0 Å². The Morgan fingerprint density at radius 1 is 1.12 bits per heavy atom. The van der Waals surface area contributed by atoms with Gasteiger partial charge < -0.3 is 4.74 Å². The molecule has 0 radical (unpaired) electrons. The van der Waals surface area contributed by atoms with Crippen molar-refractivity contribution >= 4 is 17.0 Å². The van der Waals surface area contributed by atoms with Crippen LogP contribution in [0.4, 0.5) is 13.2 Å². The molecule has 0 unspecified atom stereocenters. The molecule has 0 aliphatic carbocycles. The maximum atomic E-state index is 13.1. The van der Waals surface area contributed by atoms with Crippen LogP contribution in [-0.4, -0.2) is 22.6 Å². The SMILES string of the molecule is COC(=O)c1c(C)c(=O)c2ccc(C(F)(F)F)nc2n1-c1ccccc1. The van der Waals surface area contributed by atoms with Crippen LogP contribution < -0.4 is 5.43 Å². The Labute approximate surface area is 145 Å². The number of para-hydroxylation sites is 1. The lowest BCUT2D eigenvalue weighted by atomic mass is 10.1. The standard InChI is InChI=1S/C18H13F3N2O3/c1-10-14(17(25)26-2)23(11-6-4-3-5-7-11)16-12(15(10)24)8-9-13(22-16)18(19,20)21/h3-9H,1-2H3. The van der Waals surface area contributed by atoms with Gasteiger partial charge in [-0.05, 0) is 31.2 Å². The third-order valence-electron chi connectivity index (χ3n) is 3.93. The molecule has 0 aliphatic heterocycles. The first kappa shape index (κ1) is 17.7. The van der Waals surface area contributed by atoms with Gasteiger partial charge in [0.15, 0.2) is 5.43 Å². The van der Waals surface area contributed by atoms with Gasteiger partial charge >= 0.3 is 12.1 Å². The second-order valence-corrected chi connectivity index (χ2v) is 5.53. The zero-order valence-corrected chi connectivity index (χ0v) is 13.8. The van der Waals surface area contributed by atoms with Crippen molar-refractivity contribution in [3.63, 3.8) is 0 Å². The maximum Gasteiger partial charge on any atom is 0.433 e. The second kappa shape index (κ2) is 6.29. The number of carbonyl (C=O) groups excluding carboxylic acids is 1. The molecule has 0 saturated carbocycles. The highest BCUT2D eigenvalue weighted by atomic mass is 19.4. The molecule has 0 aliphatic rings. The average molecular weight is 362 g/mol. The summed E-state index contributed by atoms with van der Waals surface area (Å²) in [5.74, 6) is -0.843. The minimum absolute atomic E-state index is 0.0213. The number of fused-ring (bicyclic) bond motifs is 1. The van der Waals surface area contributed by atoms with Crippen molar-refractivity contribution < 1.29 is 22.7 Å². The van der Waals surface area contributed by atoms with E-state index in [4.69, 9.17) is 4.74 Å². The van der Waals surface area contributed by atoms with E-state index < -0.39 is 23.3 Å². The molecule has 0 amide bonds. The number of esters is 1. The zero-order chi connectivity index (χ0) is 19.1. The van der Waals surface area contributed by atoms with Crippen LogP contribution in [0.3, 0.4) is 0 Å². The molecule has 2 heterocycles. The first-order chi connectivity index (χ1) is 12.3. The molecule has 134 valence electrons. The fourth-order valence-corrected chi connectivity index (χ4v) is 2.71. The van der Waals surface area contributed by atoms with Crippen LogP contribution in [-0.2, 0) is 10.9 Å². The Hall–Kier alpha value is -3.16. The average Bonchev–Trinajstić information content (AvgIpc) is 2.63. The Morgan fingerprint density at radius 2 is 1.77 bits per heavy atom. The summed E-state index contributed by atoms with van der Waals surface area (Å²) in [5, 5.41) is -0.0213. The number of aromatic nitrogens is 2. The van der Waals surface area contributed by atoms with Gasteiger partial charge in [0.25, 0.3) is 0 Å². The number of alkyl halides is 3. The molecule has 5 nitrogen and oxygen atoms in total.